The van der Waals surface area contributed by atoms with E-state index in [0.717, 1.165) is 27.7 Å². The standard InChI is InChI=1S/C22H19N5O4/c1-24-15-18-12-19(8-9-22(18)23-24)25(13-16-4-2-6-20(10-16)26(28)29)14-17-5-3-7-21(11-17)27(30)31/h2-12,15H,13-14H2,1H3. The van der Waals surface area contributed by atoms with E-state index in [1.54, 1.807) is 28.9 Å². The summed E-state index contributed by atoms with van der Waals surface area (Å²) in [6, 6.07) is 18.8. The number of rotatable bonds is 7. The first-order valence-corrected chi connectivity index (χ1v) is 9.54. The van der Waals surface area contributed by atoms with Crippen LogP contribution in [0, 0.1) is 20.2 Å². The summed E-state index contributed by atoms with van der Waals surface area (Å²) in [5.41, 5.74) is 3.33. The van der Waals surface area contributed by atoms with Crippen LogP contribution in [0.1, 0.15) is 11.1 Å². The lowest BCUT2D eigenvalue weighted by Gasteiger charge is -2.25. The molecule has 0 aliphatic rings. The van der Waals surface area contributed by atoms with E-state index in [2.05, 4.69) is 5.10 Å². The zero-order chi connectivity index (χ0) is 22.0. The van der Waals surface area contributed by atoms with Crippen LogP contribution in [0.4, 0.5) is 17.1 Å². The summed E-state index contributed by atoms with van der Waals surface area (Å²) in [5.74, 6) is 0. The maximum atomic E-state index is 11.2. The van der Waals surface area contributed by atoms with Crippen molar-refractivity contribution in [3.63, 3.8) is 0 Å². The Kier molecular flexibility index (Phi) is 5.31. The molecule has 9 heteroatoms. The number of anilines is 1. The van der Waals surface area contributed by atoms with E-state index in [-0.39, 0.29) is 11.4 Å². The van der Waals surface area contributed by atoms with Gasteiger partial charge in [0, 0.05) is 61.7 Å². The van der Waals surface area contributed by atoms with Crippen LogP contribution in [0.3, 0.4) is 0 Å². The number of non-ortho nitro benzene ring substituents is 2. The molecule has 0 fully saturated rings. The number of aryl methyl sites for hydroxylation is 1. The second kappa shape index (κ2) is 8.23. The normalized spacial score (nSPS) is 10.9. The van der Waals surface area contributed by atoms with Gasteiger partial charge in [0.25, 0.3) is 11.4 Å². The minimum Gasteiger partial charge on any atom is -0.363 e. The molecule has 0 bridgehead atoms. The Labute approximate surface area is 177 Å². The van der Waals surface area contributed by atoms with Crippen molar-refractivity contribution in [3.8, 4) is 0 Å². The molecule has 0 radical (unpaired) electrons. The van der Waals surface area contributed by atoms with Crippen LogP contribution in [0.2, 0.25) is 0 Å². The third-order valence-electron chi connectivity index (χ3n) is 4.96. The number of hydrogen-bond acceptors (Lipinski definition) is 6. The van der Waals surface area contributed by atoms with Crippen molar-refractivity contribution in [2.24, 2.45) is 7.05 Å². The van der Waals surface area contributed by atoms with Crippen molar-refractivity contribution in [2.45, 2.75) is 13.1 Å². The summed E-state index contributed by atoms with van der Waals surface area (Å²) in [7, 11) is 1.85. The van der Waals surface area contributed by atoms with Gasteiger partial charge in [-0.15, -0.1) is 0 Å². The molecule has 0 amide bonds. The fourth-order valence-corrected chi connectivity index (χ4v) is 3.55. The monoisotopic (exact) mass is 417 g/mol. The largest absolute Gasteiger partial charge is 0.363 e. The van der Waals surface area contributed by atoms with Crippen LogP contribution in [-0.4, -0.2) is 19.6 Å². The summed E-state index contributed by atoms with van der Waals surface area (Å²) < 4.78 is 1.74. The molecule has 156 valence electrons. The van der Waals surface area contributed by atoms with Crippen LogP contribution in [-0.2, 0) is 20.1 Å². The first-order valence-electron chi connectivity index (χ1n) is 9.54. The summed E-state index contributed by atoms with van der Waals surface area (Å²) in [4.78, 5) is 23.5. The Morgan fingerprint density at radius 1 is 0.871 bits per heavy atom. The van der Waals surface area contributed by atoms with Crippen molar-refractivity contribution >= 4 is 28.0 Å². The molecule has 0 aliphatic carbocycles. The van der Waals surface area contributed by atoms with Gasteiger partial charge in [0.15, 0.2) is 0 Å². The molecule has 0 spiro atoms. The van der Waals surface area contributed by atoms with E-state index in [0.29, 0.717) is 13.1 Å². The molecule has 4 rings (SSSR count). The van der Waals surface area contributed by atoms with Gasteiger partial charge in [0.2, 0.25) is 0 Å². The van der Waals surface area contributed by atoms with Crippen LogP contribution in [0.5, 0.6) is 0 Å². The molecule has 31 heavy (non-hydrogen) atoms. The zero-order valence-corrected chi connectivity index (χ0v) is 16.7. The summed E-state index contributed by atoms with van der Waals surface area (Å²) >= 11 is 0. The van der Waals surface area contributed by atoms with Crippen molar-refractivity contribution in [1.82, 2.24) is 9.78 Å². The summed E-state index contributed by atoms with van der Waals surface area (Å²) in [5, 5.41) is 27.7. The number of nitro benzene ring substituents is 2. The van der Waals surface area contributed by atoms with Crippen LogP contribution in [0.25, 0.3) is 10.9 Å². The van der Waals surface area contributed by atoms with Crippen LogP contribution >= 0.6 is 0 Å². The van der Waals surface area contributed by atoms with Crippen molar-refractivity contribution in [1.29, 1.82) is 0 Å². The van der Waals surface area contributed by atoms with Gasteiger partial charge in [-0.05, 0) is 29.3 Å². The lowest BCUT2D eigenvalue weighted by Crippen LogP contribution is -2.22. The second-order valence-electron chi connectivity index (χ2n) is 7.26. The average Bonchev–Trinajstić information content (AvgIpc) is 3.13. The minimum atomic E-state index is -0.421. The molecular formula is C22H19N5O4. The molecule has 0 N–H and O–H groups in total. The molecule has 3 aromatic carbocycles. The zero-order valence-electron chi connectivity index (χ0n) is 16.7. The number of nitrogens with zero attached hydrogens (tertiary/aromatic N) is 5. The lowest BCUT2D eigenvalue weighted by molar-refractivity contribution is -0.385. The molecule has 0 saturated heterocycles. The fraction of sp³-hybridized carbons (Fsp3) is 0.136. The molecular weight excluding hydrogens is 398 g/mol. The van der Waals surface area contributed by atoms with Gasteiger partial charge in [0.05, 0.1) is 15.4 Å². The first-order chi connectivity index (χ1) is 14.9. The van der Waals surface area contributed by atoms with E-state index in [9.17, 15) is 20.2 Å². The highest BCUT2D eigenvalue weighted by Gasteiger charge is 2.14. The van der Waals surface area contributed by atoms with Crippen LogP contribution < -0.4 is 4.90 Å². The van der Waals surface area contributed by atoms with Gasteiger partial charge in [-0.1, -0.05) is 24.3 Å². The van der Waals surface area contributed by atoms with Crippen molar-refractivity contribution in [3.05, 3.63) is 104 Å². The molecule has 1 heterocycles. The van der Waals surface area contributed by atoms with E-state index in [4.69, 9.17) is 0 Å². The van der Waals surface area contributed by atoms with E-state index in [1.165, 1.54) is 12.1 Å². The SMILES string of the molecule is Cn1cc2cc(N(Cc3cccc([N+](=O)[O-])c3)Cc3cccc([N+](=O)[O-])c3)ccc2n1. The number of nitro groups is 2. The number of fused-ring (bicyclic) bond motifs is 1. The average molecular weight is 417 g/mol. The molecule has 4 aromatic rings. The van der Waals surface area contributed by atoms with E-state index >= 15 is 0 Å². The molecule has 0 unspecified atom stereocenters. The van der Waals surface area contributed by atoms with Gasteiger partial charge < -0.3 is 4.90 Å². The van der Waals surface area contributed by atoms with Gasteiger partial charge >= 0.3 is 0 Å². The Morgan fingerprint density at radius 3 is 2.00 bits per heavy atom. The third kappa shape index (κ3) is 4.50. The van der Waals surface area contributed by atoms with E-state index < -0.39 is 9.85 Å². The van der Waals surface area contributed by atoms with E-state index in [1.807, 2.05) is 48.5 Å². The number of aromatic nitrogens is 2. The predicted molar refractivity (Wildman–Crippen MR) is 117 cm³/mol. The number of hydrogen-bond donors (Lipinski definition) is 0. The third-order valence-corrected chi connectivity index (χ3v) is 4.96. The topological polar surface area (TPSA) is 107 Å². The highest BCUT2D eigenvalue weighted by Crippen LogP contribution is 2.26. The second-order valence-corrected chi connectivity index (χ2v) is 7.26. The predicted octanol–water partition coefficient (Wildman–Crippen LogP) is 4.60. The molecule has 9 nitrogen and oxygen atoms in total. The molecule has 0 saturated carbocycles. The van der Waals surface area contributed by atoms with Gasteiger partial charge in [0.1, 0.15) is 0 Å². The van der Waals surface area contributed by atoms with Gasteiger partial charge in [-0.3, -0.25) is 24.9 Å². The Balaban J connectivity index is 1.72. The smallest absolute Gasteiger partial charge is 0.269 e. The Hall–Kier alpha value is -4.27. The molecule has 0 atom stereocenters. The Bertz CT molecular complexity index is 1220. The highest BCUT2D eigenvalue weighted by molar-refractivity contribution is 5.82. The van der Waals surface area contributed by atoms with Crippen molar-refractivity contribution < 1.29 is 9.85 Å². The minimum absolute atomic E-state index is 0.0236. The first kappa shape index (κ1) is 20.0. The van der Waals surface area contributed by atoms with Gasteiger partial charge in [-0.2, -0.15) is 5.10 Å². The van der Waals surface area contributed by atoms with Crippen molar-refractivity contribution in [2.75, 3.05) is 4.90 Å². The quantitative estimate of drug-likeness (QED) is 0.321. The van der Waals surface area contributed by atoms with Gasteiger partial charge in [-0.25, -0.2) is 0 Å². The maximum absolute atomic E-state index is 11.2. The van der Waals surface area contributed by atoms with Crippen LogP contribution in [0.15, 0.2) is 72.9 Å². The fourth-order valence-electron chi connectivity index (χ4n) is 3.55. The lowest BCUT2D eigenvalue weighted by atomic mass is 10.1. The number of benzene rings is 3. The summed E-state index contributed by atoms with van der Waals surface area (Å²) in [6.07, 6.45) is 1.91. The summed E-state index contributed by atoms with van der Waals surface area (Å²) in [6.45, 7) is 0.798. The molecule has 1 aromatic heterocycles. The Morgan fingerprint density at radius 2 is 1.45 bits per heavy atom. The highest BCUT2D eigenvalue weighted by atomic mass is 16.6. The molecule has 0 aliphatic heterocycles. The maximum Gasteiger partial charge on any atom is 0.269 e.